The number of methoxy groups -OCH3 is 1. The Labute approximate surface area is 234 Å². The van der Waals surface area contributed by atoms with Gasteiger partial charge < -0.3 is 24.8 Å². The average molecular weight is 594 g/mol. The highest BCUT2D eigenvalue weighted by Crippen LogP contribution is 2.38. The lowest BCUT2D eigenvalue weighted by Crippen LogP contribution is -2.38. The van der Waals surface area contributed by atoms with Crippen LogP contribution >= 0.6 is 15.9 Å². The van der Waals surface area contributed by atoms with Crippen LogP contribution < -0.4 is 24.8 Å². The summed E-state index contributed by atoms with van der Waals surface area (Å²) in [5.41, 5.74) is 3.22. The average Bonchev–Trinajstić information content (AvgIpc) is 3.16. The summed E-state index contributed by atoms with van der Waals surface area (Å²) in [6, 6.07) is 17.7. The van der Waals surface area contributed by atoms with Crippen molar-refractivity contribution in [1.29, 1.82) is 0 Å². The molecule has 4 amide bonds. The van der Waals surface area contributed by atoms with Crippen LogP contribution in [0.25, 0.3) is 6.08 Å². The van der Waals surface area contributed by atoms with Gasteiger partial charge in [0.1, 0.15) is 24.6 Å². The Morgan fingerprint density at radius 2 is 1.85 bits per heavy atom. The van der Waals surface area contributed by atoms with E-state index >= 15 is 0 Å². The fourth-order valence-electron chi connectivity index (χ4n) is 3.99. The van der Waals surface area contributed by atoms with E-state index in [-0.39, 0.29) is 5.70 Å². The normalized spacial score (nSPS) is 13.8. The van der Waals surface area contributed by atoms with Gasteiger partial charge in [0, 0.05) is 0 Å². The van der Waals surface area contributed by atoms with Gasteiger partial charge in [0.25, 0.3) is 5.91 Å². The summed E-state index contributed by atoms with van der Waals surface area (Å²) in [6.45, 7) is 4.17. The minimum atomic E-state index is -0.691. The topological polar surface area (TPSA) is 106 Å². The van der Waals surface area contributed by atoms with Crippen LogP contribution in [-0.4, -0.2) is 43.0 Å². The van der Waals surface area contributed by atoms with Gasteiger partial charge in [0.2, 0.25) is 5.91 Å². The molecule has 9 nitrogen and oxygen atoms in total. The Hall–Kier alpha value is -4.31. The zero-order valence-corrected chi connectivity index (χ0v) is 23.3. The summed E-state index contributed by atoms with van der Waals surface area (Å²) in [5, 5.41) is 5.20. The summed E-state index contributed by atoms with van der Waals surface area (Å²) >= 11 is 3.54. The van der Waals surface area contributed by atoms with E-state index in [1.807, 2.05) is 38.1 Å². The number of halogens is 1. The molecule has 1 saturated heterocycles. The molecule has 0 unspecified atom stereocenters. The molecule has 0 atom stereocenters. The minimum Gasteiger partial charge on any atom is -0.495 e. The predicted octanol–water partition coefficient (Wildman–Crippen LogP) is 5.28. The molecule has 3 aromatic carbocycles. The van der Waals surface area contributed by atoms with Crippen molar-refractivity contribution in [3.63, 3.8) is 0 Å². The summed E-state index contributed by atoms with van der Waals surface area (Å²) in [7, 11) is 1.48. The van der Waals surface area contributed by atoms with Gasteiger partial charge in [-0.1, -0.05) is 42.0 Å². The zero-order chi connectivity index (χ0) is 27.9. The third-order valence-electron chi connectivity index (χ3n) is 5.75. The summed E-state index contributed by atoms with van der Waals surface area (Å²) < 4.78 is 17.7. The molecule has 10 heteroatoms. The summed E-state index contributed by atoms with van der Waals surface area (Å²) in [5.74, 6) is 0.309. The predicted molar refractivity (Wildman–Crippen MR) is 151 cm³/mol. The second-order valence-electron chi connectivity index (χ2n) is 8.67. The molecule has 1 aliphatic rings. The number of urea groups is 1. The number of hydrogen-bond acceptors (Lipinski definition) is 6. The monoisotopic (exact) mass is 593 g/mol. The molecule has 4 rings (SSSR count). The van der Waals surface area contributed by atoms with Gasteiger partial charge in [-0.3, -0.25) is 9.59 Å². The molecule has 0 radical (unpaired) electrons. The van der Waals surface area contributed by atoms with Crippen molar-refractivity contribution < 1.29 is 28.6 Å². The minimum absolute atomic E-state index is 0.0351. The molecule has 3 aromatic rings. The van der Waals surface area contributed by atoms with Crippen LogP contribution in [0, 0.1) is 6.92 Å². The first-order valence-corrected chi connectivity index (χ1v) is 13.0. The molecule has 1 heterocycles. The Kier molecular flexibility index (Phi) is 8.88. The van der Waals surface area contributed by atoms with E-state index in [1.165, 1.54) is 13.2 Å². The van der Waals surface area contributed by atoms with E-state index in [1.54, 1.807) is 36.4 Å². The molecular weight excluding hydrogens is 566 g/mol. The van der Waals surface area contributed by atoms with Crippen molar-refractivity contribution in [3.05, 3.63) is 87.5 Å². The van der Waals surface area contributed by atoms with Crippen molar-refractivity contribution in [2.24, 2.45) is 0 Å². The van der Waals surface area contributed by atoms with Crippen molar-refractivity contribution in [2.75, 3.05) is 25.6 Å². The highest BCUT2D eigenvalue weighted by Gasteiger charge is 2.35. The third kappa shape index (κ3) is 6.77. The number of benzene rings is 3. The molecule has 0 aliphatic carbocycles. The van der Waals surface area contributed by atoms with E-state index < -0.39 is 24.4 Å². The number of aryl methyl sites for hydroxylation is 1. The number of carbonyl (C=O) groups is 3. The van der Waals surface area contributed by atoms with E-state index in [0.29, 0.717) is 46.2 Å². The van der Waals surface area contributed by atoms with Crippen LogP contribution in [0.4, 0.5) is 10.5 Å². The van der Waals surface area contributed by atoms with E-state index in [9.17, 15) is 14.4 Å². The van der Waals surface area contributed by atoms with Crippen molar-refractivity contribution >= 4 is 45.5 Å². The largest absolute Gasteiger partial charge is 0.495 e. The lowest BCUT2D eigenvalue weighted by molar-refractivity contribution is -0.127. The number of para-hydroxylation sites is 2. The number of nitrogens with zero attached hydrogens (tertiary/aromatic N) is 1. The quantitative estimate of drug-likeness (QED) is 0.245. The number of imide groups is 1. The summed E-state index contributed by atoms with van der Waals surface area (Å²) in [6.07, 6.45) is 1.52. The molecule has 1 aliphatic heterocycles. The molecule has 2 N–H and O–H groups in total. The SMILES string of the molecule is CCOc1cc(/C=C2/NC(=O)N(CC(=O)Nc3ccccc3OC)C2=O)cc(Br)c1OCc1cccc(C)c1. The van der Waals surface area contributed by atoms with Gasteiger partial charge in [-0.15, -0.1) is 0 Å². The lowest BCUT2D eigenvalue weighted by atomic mass is 10.1. The van der Waals surface area contributed by atoms with Crippen LogP contribution in [-0.2, 0) is 16.2 Å². The molecule has 1 fully saturated rings. The van der Waals surface area contributed by atoms with Crippen molar-refractivity contribution in [2.45, 2.75) is 20.5 Å². The molecule has 39 heavy (non-hydrogen) atoms. The summed E-state index contributed by atoms with van der Waals surface area (Å²) in [4.78, 5) is 38.9. The zero-order valence-electron chi connectivity index (χ0n) is 21.7. The number of ether oxygens (including phenoxy) is 3. The van der Waals surface area contributed by atoms with E-state index in [2.05, 4.69) is 26.6 Å². The third-order valence-corrected chi connectivity index (χ3v) is 6.34. The highest BCUT2D eigenvalue weighted by atomic mass is 79.9. The first kappa shape index (κ1) is 27.7. The standard InChI is InChI=1S/C29H28BrN3O6/c1-4-38-25-15-20(13-21(30)27(25)39-17-19-9-7-8-18(2)12-19)14-23-28(35)33(29(36)32-23)16-26(34)31-22-10-5-6-11-24(22)37-3/h5-15H,4,16-17H2,1-3H3,(H,31,34)(H,32,36)/b23-14+. The number of nitrogens with one attached hydrogen (secondary N) is 2. The van der Waals surface area contributed by atoms with Gasteiger partial charge in [-0.2, -0.15) is 0 Å². The second kappa shape index (κ2) is 12.5. The van der Waals surface area contributed by atoms with Crippen LogP contribution in [0.5, 0.6) is 17.2 Å². The van der Waals surface area contributed by atoms with Crippen LogP contribution in [0.1, 0.15) is 23.6 Å². The molecule has 0 bridgehead atoms. The highest BCUT2D eigenvalue weighted by molar-refractivity contribution is 9.10. The lowest BCUT2D eigenvalue weighted by Gasteiger charge is -2.15. The number of carbonyl (C=O) groups excluding carboxylic acids is 3. The smallest absolute Gasteiger partial charge is 0.329 e. The van der Waals surface area contributed by atoms with Crippen molar-refractivity contribution in [3.8, 4) is 17.2 Å². The van der Waals surface area contributed by atoms with Crippen LogP contribution in [0.2, 0.25) is 0 Å². The fraction of sp³-hybridized carbons (Fsp3) is 0.207. The Morgan fingerprint density at radius 3 is 2.59 bits per heavy atom. The van der Waals surface area contributed by atoms with Gasteiger partial charge in [-0.05, 0) is 71.2 Å². The number of anilines is 1. The van der Waals surface area contributed by atoms with Gasteiger partial charge in [0.15, 0.2) is 11.5 Å². The Morgan fingerprint density at radius 1 is 1.05 bits per heavy atom. The molecule has 0 spiro atoms. The van der Waals surface area contributed by atoms with E-state index in [0.717, 1.165) is 16.0 Å². The molecule has 0 aromatic heterocycles. The van der Waals surface area contributed by atoms with Gasteiger partial charge >= 0.3 is 6.03 Å². The molecule has 202 valence electrons. The van der Waals surface area contributed by atoms with Crippen molar-refractivity contribution in [1.82, 2.24) is 10.2 Å². The molecular formula is C29H28BrN3O6. The van der Waals surface area contributed by atoms with E-state index in [4.69, 9.17) is 14.2 Å². The Bertz CT molecular complexity index is 1440. The maximum absolute atomic E-state index is 13.0. The van der Waals surface area contributed by atoms with Gasteiger partial charge in [-0.25, -0.2) is 9.69 Å². The number of rotatable bonds is 10. The fourth-order valence-corrected chi connectivity index (χ4v) is 4.57. The van der Waals surface area contributed by atoms with Crippen LogP contribution in [0.3, 0.4) is 0 Å². The van der Waals surface area contributed by atoms with Gasteiger partial charge in [0.05, 0.1) is 23.9 Å². The maximum atomic E-state index is 13.0. The second-order valence-corrected chi connectivity index (χ2v) is 9.52. The Balaban J connectivity index is 1.49. The number of hydrogen-bond donors (Lipinski definition) is 2. The van der Waals surface area contributed by atoms with Crippen LogP contribution in [0.15, 0.2) is 70.8 Å². The molecule has 0 saturated carbocycles. The first-order valence-electron chi connectivity index (χ1n) is 12.2. The first-order chi connectivity index (χ1) is 18.8. The number of amides is 4. The maximum Gasteiger partial charge on any atom is 0.329 e.